The molecule has 8 nitrogen and oxygen atoms in total. The van der Waals surface area contributed by atoms with Crippen molar-refractivity contribution in [1.82, 2.24) is 24.6 Å². The highest BCUT2D eigenvalue weighted by Gasteiger charge is 2.32. The molecule has 1 aliphatic rings. The molecule has 3 heterocycles. The first-order chi connectivity index (χ1) is 12.6. The number of amides is 1. The molecule has 134 valence electrons. The number of ether oxygens (including phenoxy) is 1. The van der Waals surface area contributed by atoms with Gasteiger partial charge in [0.1, 0.15) is 11.3 Å². The van der Waals surface area contributed by atoms with Crippen molar-refractivity contribution in [3.63, 3.8) is 0 Å². The summed E-state index contributed by atoms with van der Waals surface area (Å²) in [7, 11) is 1.58. The lowest BCUT2D eigenvalue weighted by Crippen LogP contribution is -2.43. The molecule has 0 bridgehead atoms. The SMILES string of the molecule is Cn1nc(C(=O)N2CCOCC2c2cccc(F)c2)c2nc[nH]c(=O)c21. The minimum atomic E-state index is -0.439. The lowest BCUT2D eigenvalue weighted by molar-refractivity contribution is -0.00302. The van der Waals surface area contributed by atoms with Gasteiger partial charge in [0.05, 0.1) is 25.6 Å². The standard InChI is InChI=1S/C17H16FN5O3/c1-22-15-13(19-9-20-16(15)24)14(21-22)17(25)23-5-6-26-8-12(23)10-3-2-4-11(18)7-10/h2-4,7,9,12H,5-6,8H2,1H3,(H,19,20,24). The fourth-order valence-electron chi connectivity index (χ4n) is 3.23. The van der Waals surface area contributed by atoms with E-state index in [2.05, 4.69) is 15.1 Å². The molecule has 9 heteroatoms. The van der Waals surface area contributed by atoms with Gasteiger partial charge in [-0.1, -0.05) is 12.1 Å². The number of carbonyl (C=O) groups is 1. The molecule has 1 unspecified atom stereocenters. The number of rotatable bonds is 2. The van der Waals surface area contributed by atoms with Gasteiger partial charge < -0.3 is 14.6 Å². The normalized spacial score (nSPS) is 17.6. The molecule has 1 fully saturated rings. The summed E-state index contributed by atoms with van der Waals surface area (Å²) < 4.78 is 20.5. The number of H-pyrrole nitrogens is 1. The van der Waals surface area contributed by atoms with Crippen molar-refractivity contribution in [2.75, 3.05) is 19.8 Å². The average molecular weight is 357 g/mol. The van der Waals surface area contributed by atoms with E-state index >= 15 is 0 Å². The summed E-state index contributed by atoms with van der Waals surface area (Å²) in [6.45, 7) is 0.964. The van der Waals surface area contributed by atoms with Crippen LogP contribution in [-0.4, -0.2) is 50.3 Å². The van der Waals surface area contributed by atoms with Crippen molar-refractivity contribution in [1.29, 1.82) is 0 Å². The summed E-state index contributed by atoms with van der Waals surface area (Å²) in [6.07, 6.45) is 1.24. The summed E-state index contributed by atoms with van der Waals surface area (Å²) in [4.78, 5) is 33.3. The van der Waals surface area contributed by atoms with Crippen LogP contribution in [0, 0.1) is 5.82 Å². The number of fused-ring (bicyclic) bond motifs is 1. The number of aromatic nitrogens is 4. The predicted octanol–water partition coefficient (Wildman–Crippen LogP) is 1.01. The zero-order chi connectivity index (χ0) is 18.3. The van der Waals surface area contributed by atoms with Crippen LogP contribution in [0.1, 0.15) is 22.1 Å². The number of nitrogens with zero attached hydrogens (tertiary/aromatic N) is 4. The Hall–Kier alpha value is -3.07. The Morgan fingerprint density at radius 2 is 2.27 bits per heavy atom. The van der Waals surface area contributed by atoms with E-state index in [9.17, 15) is 14.0 Å². The van der Waals surface area contributed by atoms with Crippen LogP contribution in [0.2, 0.25) is 0 Å². The Bertz CT molecular complexity index is 1040. The molecular formula is C17H16FN5O3. The molecular weight excluding hydrogens is 341 g/mol. The molecule has 0 aliphatic carbocycles. The highest BCUT2D eigenvalue weighted by Crippen LogP contribution is 2.27. The first kappa shape index (κ1) is 16.4. The largest absolute Gasteiger partial charge is 0.377 e. The number of halogens is 1. The minimum absolute atomic E-state index is 0.0944. The van der Waals surface area contributed by atoms with Crippen LogP contribution in [-0.2, 0) is 11.8 Å². The topological polar surface area (TPSA) is 93.1 Å². The molecule has 3 aromatic rings. The summed E-state index contributed by atoms with van der Waals surface area (Å²) in [5, 5.41) is 4.20. The fraction of sp³-hybridized carbons (Fsp3) is 0.294. The maximum Gasteiger partial charge on any atom is 0.277 e. The average Bonchev–Trinajstić information content (AvgIpc) is 2.99. The van der Waals surface area contributed by atoms with Crippen molar-refractivity contribution >= 4 is 16.9 Å². The van der Waals surface area contributed by atoms with E-state index in [4.69, 9.17) is 4.74 Å². The van der Waals surface area contributed by atoms with E-state index in [1.807, 2.05) is 0 Å². The number of morpholine rings is 1. The van der Waals surface area contributed by atoms with Crippen LogP contribution in [0.4, 0.5) is 4.39 Å². The lowest BCUT2D eigenvalue weighted by Gasteiger charge is -2.35. The third-order valence-corrected chi connectivity index (χ3v) is 4.45. The third kappa shape index (κ3) is 2.66. The number of aryl methyl sites for hydroxylation is 1. The zero-order valence-corrected chi connectivity index (χ0v) is 14.0. The minimum Gasteiger partial charge on any atom is -0.377 e. The van der Waals surface area contributed by atoms with Crippen LogP contribution in [0.5, 0.6) is 0 Å². The van der Waals surface area contributed by atoms with Crippen LogP contribution in [0.15, 0.2) is 35.4 Å². The summed E-state index contributed by atoms with van der Waals surface area (Å²) >= 11 is 0. The fourth-order valence-corrected chi connectivity index (χ4v) is 3.23. The number of aromatic amines is 1. The highest BCUT2D eigenvalue weighted by molar-refractivity contribution is 6.03. The number of nitrogens with one attached hydrogen (secondary N) is 1. The molecule has 1 amide bonds. The van der Waals surface area contributed by atoms with Crippen LogP contribution < -0.4 is 5.56 Å². The Balaban J connectivity index is 1.77. The Morgan fingerprint density at radius 3 is 3.08 bits per heavy atom. The third-order valence-electron chi connectivity index (χ3n) is 4.45. The summed E-state index contributed by atoms with van der Waals surface area (Å²) in [5.41, 5.74) is 0.839. The molecule has 4 rings (SSSR count). The zero-order valence-electron chi connectivity index (χ0n) is 14.0. The molecule has 1 saturated heterocycles. The molecule has 0 saturated carbocycles. The smallest absolute Gasteiger partial charge is 0.277 e. The van der Waals surface area contributed by atoms with E-state index in [0.717, 1.165) is 0 Å². The quantitative estimate of drug-likeness (QED) is 0.739. The maximum atomic E-state index is 13.6. The second-order valence-corrected chi connectivity index (χ2v) is 6.05. The van der Waals surface area contributed by atoms with E-state index in [0.29, 0.717) is 18.7 Å². The van der Waals surface area contributed by atoms with Crippen molar-refractivity contribution < 1.29 is 13.9 Å². The maximum absolute atomic E-state index is 13.6. The molecule has 1 aliphatic heterocycles. The van der Waals surface area contributed by atoms with Gasteiger partial charge >= 0.3 is 0 Å². The van der Waals surface area contributed by atoms with Gasteiger partial charge in [-0.3, -0.25) is 14.3 Å². The van der Waals surface area contributed by atoms with Crippen molar-refractivity contribution in [2.45, 2.75) is 6.04 Å². The second kappa shape index (κ2) is 6.34. The van der Waals surface area contributed by atoms with E-state index in [1.165, 1.54) is 23.1 Å². The molecule has 0 spiro atoms. The van der Waals surface area contributed by atoms with Gasteiger partial charge in [0, 0.05) is 13.6 Å². The van der Waals surface area contributed by atoms with Crippen LogP contribution in [0.3, 0.4) is 0 Å². The molecule has 0 radical (unpaired) electrons. The summed E-state index contributed by atoms with van der Waals surface area (Å²) in [5.74, 6) is -0.747. The van der Waals surface area contributed by atoms with Crippen molar-refractivity contribution in [2.24, 2.45) is 7.05 Å². The van der Waals surface area contributed by atoms with Gasteiger partial charge in [-0.2, -0.15) is 5.10 Å². The number of hydrogen-bond donors (Lipinski definition) is 1. The van der Waals surface area contributed by atoms with Crippen molar-refractivity contribution in [3.8, 4) is 0 Å². The van der Waals surface area contributed by atoms with Gasteiger partial charge in [-0.15, -0.1) is 0 Å². The first-order valence-corrected chi connectivity index (χ1v) is 8.11. The molecule has 1 N–H and O–H groups in total. The monoisotopic (exact) mass is 357 g/mol. The predicted molar refractivity (Wildman–Crippen MR) is 90.1 cm³/mol. The Labute approximate surface area is 147 Å². The van der Waals surface area contributed by atoms with Gasteiger partial charge in [-0.05, 0) is 17.7 Å². The Kier molecular flexibility index (Phi) is 4.00. The number of hydrogen-bond acceptors (Lipinski definition) is 5. The number of benzene rings is 1. The molecule has 1 atom stereocenters. The van der Waals surface area contributed by atoms with Crippen LogP contribution in [0.25, 0.3) is 11.0 Å². The molecule has 1 aromatic carbocycles. The molecule has 2 aromatic heterocycles. The van der Waals surface area contributed by atoms with Crippen LogP contribution >= 0.6 is 0 Å². The first-order valence-electron chi connectivity index (χ1n) is 8.11. The van der Waals surface area contributed by atoms with E-state index < -0.39 is 6.04 Å². The molecule has 26 heavy (non-hydrogen) atoms. The van der Waals surface area contributed by atoms with Gasteiger partial charge in [0.15, 0.2) is 11.2 Å². The Morgan fingerprint density at radius 1 is 1.42 bits per heavy atom. The lowest BCUT2D eigenvalue weighted by atomic mass is 10.0. The summed E-state index contributed by atoms with van der Waals surface area (Å²) in [6, 6.07) is 5.65. The van der Waals surface area contributed by atoms with E-state index in [-0.39, 0.29) is 40.6 Å². The number of carbonyl (C=O) groups excluding carboxylic acids is 1. The second-order valence-electron chi connectivity index (χ2n) is 6.05. The van der Waals surface area contributed by atoms with Gasteiger partial charge in [0.2, 0.25) is 0 Å². The van der Waals surface area contributed by atoms with E-state index in [1.54, 1.807) is 24.1 Å². The van der Waals surface area contributed by atoms with Crippen molar-refractivity contribution in [3.05, 3.63) is 58.0 Å². The highest BCUT2D eigenvalue weighted by atomic mass is 19.1. The van der Waals surface area contributed by atoms with Gasteiger partial charge in [-0.25, -0.2) is 9.37 Å². The van der Waals surface area contributed by atoms with Gasteiger partial charge in [0.25, 0.3) is 11.5 Å².